The lowest BCUT2D eigenvalue weighted by Crippen LogP contribution is -1.88. The third-order valence-corrected chi connectivity index (χ3v) is 3.15. The Morgan fingerprint density at radius 3 is 2.35 bits per heavy atom. The number of rotatable bonds is 2. The molecule has 0 unspecified atom stereocenters. The van der Waals surface area contributed by atoms with Crippen molar-refractivity contribution in [3.8, 4) is 34.7 Å². The monoisotopic (exact) mass is 259 g/mol. The van der Waals surface area contributed by atoms with Gasteiger partial charge in [0.15, 0.2) is 0 Å². The van der Waals surface area contributed by atoms with Crippen LogP contribution in [0.25, 0.3) is 22.4 Å². The molecule has 0 saturated heterocycles. The van der Waals surface area contributed by atoms with Gasteiger partial charge in [-0.25, -0.2) is 0 Å². The first-order valence-electron chi connectivity index (χ1n) is 6.29. The molecule has 0 aliphatic rings. The van der Waals surface area contributed by atoms with E-state index in [0.29, 0.717) is 0 Å². The predicted molar refractivity (Wildman–Crippen MR) is 79.8 cm³/mol. The van der Waals surface area contributed by atoms with Crippen LogP contribution < -0.4 is 0 Å². The fourth-order valence-corrected chi connectivity index (χ4v) is 2.17. The van der Waals surface area contributed by atoms with Gasteiger partial charge in [-0.3, -0.25) is 9.67 Å². The number of nitrogens with zero attached hydrogens (tertiary/aromatic N) is 3. The number of terminal acetylenes is 1. The molecule has 0 amide bonds. The molecule has 2 heterocycles. The smallest absolute Gasteiger partial charge is 0.100 e. The van der Waals surface area contributed by atoms with E-state index in [-0.39, 0.29) is 0 Å². The molecular formula is C17H13N3. The number of pyridine rings is 1. The Hall–Kier alpha value is -2.86. The molecule has 0 N–H and O–H groups in total. The molecule has 3 nitrogen and oxygen atoms in total. The fourth-order valence-electron chi connectivity index (χ4n) is 2.17. The van der Waals surface area contributed by atoms with Crippen LogP contribution in [0.5, 0.6) is 0 Å². The minimum absolute atomic E-state index is 0.871. The van der Waals surface area contributed by atoms with E-state index in [0.717, 1.165) is 27.9 Å². The number of aryl methyl sites for hydroxylation is 1. The second-order valence-corrected chi connectivity index (χ2v) is 4.52. The molecule has 0 aliphatic heterocycles. The minimum atomic E-state index is 0.871. The molecule has 3 aromatic rings. The van der Waals surface area contributed by atoms with E-state index in [4.69, 9.17) is 6.42 Å². The quantitative estimate of drug-likeness (QED) is 0.662. The summed E-state index contributed by atoms with van der Waals surface area (Å²) in [5, 5.41) is 4.56. The van der Waals surface area contributed by atoms with Gasteiger partial charge in [0.2, 0.25) is 0 Å². The highest BCUT2D eigenvalue weighted by Gasteiger charge is 2.11. The second-order valence-electron chi connectivity index (χ2n) is 4.52. The number of benzene rings is 1. The Bertz CT molecular complexity index is 762. The van der Waals surface area contributed by atoms with Crippen molar-refractivity contribution < 1.29 is 0 Å². The highest BCUT2D eigenvalue weighted by molar-refractivity contribution is 5.80. The maximum absolute atomic E-state index is 5.39. The Balaban J connectivity index is 2.12. The first-order valence-corrected chi connectivity index (χ1v) is 6.29. The summed E-state index contributed by atoms with van der Waals surface area (Å²) < 4.78 is 1.82. The SMILES string of the molecule is C#Cc1ccc(-c2nn(C)cc2-c2ccncc2)cc1. The molecule has 3 rings (SSSR count). The van der Waals surface area contributed by atoms with Gasteiger partial charge in [0.1, 0.15) is 5.69 Å². The molecule has 3 heteroatoms. The van der Waals surface area contributed by atoms with Crippen molar-refractivity contribution >= 4 is 0 Å². The van der Waals surface area contributed by atoms with Crippen LogP contribution >= 0.6 is 0 Å². The molecule has 0 bridgehead atoms. The lowest BCUT2D eigenvalue weighted by molar-refractivity contribution is 0.771. The summed E-state index contributed by atoms with van der Waals surface area (Å²) in [4.78, 5) is 4.05. The Morgan fingerprint density at radius 1 is 1.00 bits per heavy atom. The molecule has 96 valence electrons. The van der Waals surface area contributed by atoms with Gasteiger partial charge in [0.05, 0.1) is 0 Å². The van der Waals surface area contributed by atoms with E-state index >= 15 is 0 Å². The van der Waals surface area contributed by atoms with E-state index < -0.39 is 0 Å². The van der Waals surface area contributed by atoms with Crippen molar-refractivity contribution in [2.75, 3.05) is 0 Å². The van der Waals surface area contributed by atoms with E-state index in [1.165, 1.54) is 0 Å². The number of hydrogen-bond acceptors (Lipinski definition) is 2. The molecule has 0 aliphatic carbocycles. The summed E-state index contributed by atoms with van der Waals surface area (Å²) in [5.41, 5.74) is 5.06. The highest BCUT2D eigenvalue weighted by Crippen LogP contribution is 2.30. The molecule has 20 heavy (non-hydrogen) atoms. The Kier molecular flexibility index (Phi) is 3.06. The molecule has 0 atom stereocenters. The third-order valence-electron chi connectivity index (χ3n) is 3.15. The minimum Gasteiger partial charge on any atom is -0.275 e. The van der Waals surface area contributed by atoms with Crippen molar-refractivity contribution in [3.05, 3.63) is 60.6 Å². The van der Waals surface area contributed by atoms with Crippen LogP contribution in [0.1, 0.15) is 5.56 Å². The van der Waals surface area contributed by atoms with Crippen LogP contribution in [0.3, 0.4) is 0 Å². The second kappa shape index (κ2) is 5.02. The van der Waals surface area contributed by atoms with E-state index in [2.05, 4.69) is 16.0 Å². The molecule has 0 radical (unpaired) electrons. The fraction of sp³-hybridized carbons (Fsp3) is 0.0588. The third kappa shape index (κ3) is 2.19. The van der Waals surface area contributed by atoms with Gasteiger partial charge < -0.3 is 0 Å². The first-order chi connectivity index (χ1) is 9.78. The first kappa shape index (κ1) is 12.2. The Labute approximate surface area is 117 Å². The average molecular weight is 259 g/mol. The lowest BCUT2D eigenvalue weighted by atomic mass is 10.0. The van der Waals surface area contributed by atoms with Gasteiger partial charge in [-0.05, 0) is 29.8 Å². The van der Waals surface area contributed by atoms with Gasteiger partial charge in [0.25, 0.3) is 0 Å². The molecule has 1 aromatic carbocycles. The zero-order valence-corrected chi connectivity index (χ0v) is 11.1. The van der Waals surface area contributed by atoms with Crippen LogP contribution in [0.4, 0.5) is 0 Å². The van der Waals surface area contributed by atoms with Crippen molar-refractivity contribution in [1.29, 1.82) is 0 Å². The Morgan fingerprint density at radius 2 is 1.70 bits per heavy atom. The summed E-state index contributed by atoms with van der Waals surface area (Å²) in [6.45, 7) is 0. The molecular weight excluding hydrogens is 246 g/mol. The van der Waals surface area contributed by atoms with E-state index in [1.54, 1.807) is 12.4 Å². The van der Waals surface area contributed by atoms with Crippen LogP contribution in [-0.2, 0) is 7.05 Å². The molecule has 0 saturated carbocycles. The normalized spacial score (nSPS) is 10.2. The van der Waals surface area contributed by atoms with Crippen molar-refractivity contribution in [2.45, 2.75) is 0 Å². The van der Waals surface area contributed by atoms with Crippen molar-refractivity contribution in [2.24, 2.45) is 7.05 Å². The van der Waals surface area contributed by atoms with Gasteiger partial charge in [-0.1, -0.05) is 18.1 Å². The maximum Gasteiger partial charge on any atom is 0.100 e. The summed E-state index contributed by atoms with van der Waals surface area (Å²) in [7, 11) is 1.92. The summed E-state index contributed by atoms with van der Waals surface area (Å²) in [5.74, 6) is 2.62. The van der Waals surface area contributed by atoms with Crippen molar-refractivity contribution in [1.82, 2.24) is 14.8 Å². The number of aromatic nitrogens is 3. The van der Waals surface area contributed by atoms with E-state index in [1.807, 2.05) is 54.3 Å². The van der Waals surface area contributed by atoms with Gasteiger partial charge >= 0.3 is 0 Å². The standard InChI is InChI=1S/C17H13N3/c1-3-13-4-6-15(7-5-13)17-16(12-20(2)19-17)14-8-10-18-11-9-14/h1,4-12H,2H3. The molecule has 0 spiro atoms. The zero-order valence-electron chi connectivity index (χ0n) is 11.1. The van der Waals surface area contributed by atoms with Gasteiger partial charge in [-0.2, -0.15) is 5.10 Å². The summed E-state index contributed by atoms with van der Waals surface area (Å²) in [6, 6.07) is 11.8. The molecule has 0 fully saturated rings. The van der Waals surface area contributed by atoms with E-state index in [9.17, 15) is 0 Å². The lowest BCUT2D eigenvalue weighted by Gasteiger charge is -2.02. The van der Waals surface area contributed by atoms with Gasteiger partial charge in [0, 0.05) is 42.3 Å². The highest BCUT2D eigenvalue weighted by atomic mass is 15.2. The topological polar surface area (TPSA) is 30.7 Å². The predicted octanol–water partition coefficient (Wildman–Crippen LogP) is 3.13. The average Bonchev–Trinajstić information content (AvgIpc) is 2.90. The van der Waals surface area contributed by atoms with Crippen LogP contribution in [0, 0.1) is 12.3 Å². The summed E-state index contributed by atoms with van der Waals surface area (Å²) >= 11 is 0. The number of hydrogen-bond donors (Lipinski definition) is 0. The van der Waals surface area contributed by atoms with Crippen LogP contribution in [-0.4, -0.2) is 14.8 Å². The van der Waals surface area contributed by atoms with Crippen LogP contribution in [0.2, 0.25) is 0 Å². The van der Waals surface area contributed by atoms with Crippen LogP contribution in [0.15, 0.2) is 55.0 Å². The largest absolute Gasteiger partial charge is 0.275 e. The maximum atomic E-state index is 5.39. The summed E-state index contributed by atoms with van der Waals surface area (Å²) in [6.07, 6.45) is 11.0. The zero-order chi connectivity index (χ0) is 13.9. The molecule has 2 aromatic heterocycles. The van der Waals surface area contributed by atoms with Gasteiger partial charge in [-0.15, -0.1) is 6.42 Å². The van der Waals surface area contributed by atoms with Crippen molar-refractivity contribution in [3.63, 3.8) is 0 Å².